The summed E-state index contributed by atoms with van der Waals surface area (Å²) in [6.45, 7) is 3.16. The average Bonchev–Trinajstić information content (AvgIpc) is 2.95. The number of aromatic carboxylic acids is 1. The van der Waals surface area contributed by atoms with Crippen molar-refractivity contribution in [1.82, 2.24) is 4.98 Å². The van der Waals surface area contributed by atoms with Gasteiger partial charge < -0.3 is 20.1 Å². The van der Waals surface area contributed by atoms with Gasteiger partial charge in [-0.2, -0.15) is 0 Å². The second kappa shape index (κ2) is 5.94. The molecule has 1 amide bonds. The molecule has 0 spiro atoms. The van der Waals surface area contributed by atoms with E-state index in [0.717, 1.165) is 12.1 Å². The van der Waals surface area contributed by atoms with Gasteiger partial charge in [0.25, 0.3) is 5.91 Å². The summed E-state index contributed by atoms with van der Waals surface area (Å²) >= 11 is 0. The largest absolute Gasteiger partial charge is 0.573 e. The Labute approximate surface area is 145 Å². The van der Waals surface area contributed by atoms with E-state index in [2.05, 4.69) is 15.0 Å². The lowest BCUT2D eigenvalue weighted by Gasteiger charge is -2.09. The first kappa shape index (κ1) is 17.6. The zero-order valence-corrected chi connectivity index (χ0v) is 13.6. The first-order valence-electron chi connectivity index (χ1n) is 7.42. The van der Waals surface area contributed by atoms with Crippen molar-refractivity contribution in [3.05, 3.63) is 46.3 Å². The minimum absolute atomic E-state index is 0.0876. The molecule has 0 fully saturated rings. The summed E-state index contributed by atoms with van der Waals surface area (Å²) in [5.41, 5.74) is 2.00. The number of carbonyl (C=O) groups excluding carboxylic acids is 1. The van der Waals surface area contributed by atoms with Crippen LogP contribution in [0.25, 0.3) is 11.6 Å². The molecule has 0 saturated carbocycles. The highest BCUT2D eigenvalue weighted by molar-refractivity contribution is 6.35. The normalized spacial score (nSPS) is 15.1. The number of amides is 1. The number of halogens is 3. The number of aryl methyl sites for hydroxylation is 1. The zero-order valence-electron chi connectivity index (χ0n) is 13.6. The summed E-state index contributed by atoms with van der Waals surface area (Å²) in [6.07, 6.45) is -3.44. The van der Waals surface area contributed by atoms with Gasteiger partial charge in [-0.1, -0.05) is 0 Å². The molecule has 0 unspecified atom stereocenters. The first-order valence-corrected chi connectivity index (χ1v) is 7.42. The van der Waals surface area contributed by atoms with Gasteiger partial charge in [0.1, 0.15) is 5.75 Å². The number of rotatable bonds is 3. The minimum Gasteiger partial charge on any atom is -0.478 e. The first-order chi connectivity index (χ1) is 12.1. The highest BCUT2D eigenvalue weighted by atomic mass is 19.4. The molecule has 3 N–H and O–H groups in total. The maximum absolute atomic E-state index is 12.4. The third kappa shape index (κ3) is 3.15. The molecule has 0 aliphatic carbocycles. The van der Waals surface area contributed by atoms with Gasteiger partial charge in [-0.3, -0.25) is 4.79 Å². The highest BCUT2D eigenvalue weighted by Gasteiger charge is 2.32. The minimum atomic E-state index is -4.85. The molecule has 2 heterocycles. The van der Waals surface area contributed by atoms with Crippen molar-refractivity contribution < 1.29 is 32.6 Å². The number of carboxylic acid groups (broad SMARTS) is 1. The standard InChI is InChI=1S/C17H13F3N2O4/c1-7-13(21-8(2)14(7)16(24)25)6-11-10-5-9(26-17(18,19)20)3-4-12(10)22-15(11)23/h3-6,21H,1-2H3,(H,22,23)(H,24,25)/b11-6-. The van der Waals surface area contributed by atoms with Crippen LogP contribution in [0.3, 0.4) is 0 Å². The van der Waals surface area contributed by atoms with Crippen molar-refractivity contribution in [2.75, 3.05) is 5.32 Å². The summed E-state index contributed by atoms with van der Waals surface area (Å²) in [6, 6.07) is 3.52. The van der Waals surface area contributed by atoms with Crippen LogP contribution in [-0.2, 0) is 4.79 Å². The molecular weight excluding hydrogens is 353 g/mol. The molecule has 0 radical (unpaired) electrons. The summed E-state index contributed by atoms with van der Waals surface area (Å²) in [7, 11) is 0. The Morgan fingerprint density at radius 3 is 2.54 bits per heavy atom. The van der Waals surface area contributed by atoms with Crippen LogP contribution in [0.5, 0.6) is 5.75 Å². The van der Waals surface area contributed by atoms with Crippen LogP contribution in [0.2, 0.25) is 0 Å². The van der Waals surface area contributed by atoms with Crippen molar-refractivity contribution in [3.63, 3.8) is 0 Å². The summed E-state index contributed by atoms with van der Waals surface area (Å²) in [5, 5.41) is 11.8. The van der Waals surface area contributed by atoms with Gasteiger partial charge in [-0.25, -0.2) is 4.79 Å². The quantitative estimate of drug-likeness (QED) is 0.722. The predicted molar refractivity (Wildman–Crippen MR) is 86.9 cm³/mol. The fourth-order valence-corrected chi connectivity index (χ4v) is 2.89. The van der Waals surface area contributed by atoms with E-state index in [9.17, 15) is 27.9 Å². The lowest BCUT2D eigenvalue weighted by atomic mass is 10.0. The Bertz CT molecular complexity index is 958. The molecule has 9 heteroatoms. The number of H-pyrrole nitrogens is 1. The topological polar surface area (TPSA) is 91.4 Å². The molecule has 1 aliphatic heterocycles. The van der Waals surface area contributed by atoms with Gasteiger partial charge in [-0.15, -0.1) is 13.2 Å². The number of hydrogen-bond acceptors (Lipinski definition) is 3. The van der Waals surface area contributed by atoms with E-state index >= 15 is 0 Å². The summed E-state index contributed by atoms with van der Waals surface area (Å²) in [4.78, 5) is 26.4. The lowest BCUT2D eigenvalue weighted by Crippen LogP contribution is -2.17. The second-order valence-electron chi connectivity index (χ2n) is 5.74. The molecule has 2 aromatic rings. The Kier molecular flexibility index (Phi) is 4.02. The number of fused-ring (bicyclic) bond motifs is 1. The van der Waals surface area contributed by atoms with Crippen LogP contribution < -0.4 is 10.1 Å². The molecule has 1 aromatic carbocycles. The van der Waals surface area contributed by atoms with Crippen molar-refractivity contribution in [2.24, 2.45) is 0 Å². The summed E-state index contributed by atoms with van der Waals surface area (Å²) in [5.74, 6) is -2.07. The monoisotopic (exact) mass is 366 g/mol. The number of nitrogens with one attached hydrogen (secondary N) is 2. The van der Waals surface area contributed by atoms with E-state index in [4.69, 9.17) is 0 Å². The van der Waals surface area contributed by atoms with Gasteiger partial charge in [0.2, 0.25) is 0 Å². The average molecular weight is 366 g/mol. The number of carbonyl (C=O) groups is 2. The second-order valence-corrected chi connectivity index (χ2v) is 5.74. The van der Waals surface area contributed by atoms with E-state index in [-0.39, 0.29) is 16.7 Å². The van der Waals surface area contributed by atoms with Gasteiger partial charge in [0, 0.05) is 22.6 Å². The molecular formula is C17H13F3N2O4. The number of anilines is 1. The van der Waals surface area contributed by atoms with Crippen molar-refractivity contribution in [1.29, 1.82) is 0 Å². The highest BCUT2D eigenvalue weighted by Crippen LogP contribution is 2.37. The van der Waals surface area contributed by atoms with Crippen molar-refractivity contribution >= 4 is 29.2 Å². The smallest absolute Gasteiger partial charge is 0.478 e. The molecule has 0 saturated heterocycles. The molecule has 1 aromatic heterocycles. The van der Waals surface area contributed by atoms with E-state index < -0.39 is 24.0 Å². The number of benzene rings is 1. The Morgan fingerprint density at radius 1 is 1.27 bits per heavy atom. The zero-order chi connectivity index (χ0) is 19.2. The SMILES string of the molecule is Cc1[nH]c(/C=C2\C(=O)Nc3ccc(OC(F)(F)F)cc32)c(C)c1C(=O)O. The molecule has 3 rings (SSSR count). The molecule has 136 valence electrons. The third-order valence-corrected chi connectivity index (χ3v) is 3.99. The van der Waals surface area contributed by atoms with Crippen LogP contribution in [-0.4, -0.2) is 28.3 Å². The van der Waals surface area contributed by atoms with Crippen LogP contribution in [0, 0.1) is 13.8 Å². The van der Waals surface area contributed by atoms with E-state index in [1.165, 1.54) is 12.1 Å². The number of aromatic amines is 1. The van der Waals surface area contributed by atoms with Gasteiger partial charge >= 0.3 is 12.3 Å². The molecule has 0 atom stereocenters. The van der Waals surface area contributed by atoms with Crippen molar-refractivity contribution in [2.45, 2.75) is 20.2 Å². The van der Waals surface area contributed by atoms with Crippen LogP contribution >= 0.6 is 0 Å². The molecule has 1 aliphatic rings. The summed E-state index contributed by atoms with van der Waals surface area (Å²) < 4.78 is 41.1. The third-order valence-electron chi connectivity index (χ3n) is 3.99. The van der Waals surface area contributed by atoms with Crippen LogP contribution in [0.1, 0.15) is 32.9 Å². The maximum Gasteiger partial charge on any atom is 0.573 e. The van der Waals surface area contributed by atoms with Crippen LogP contribution in [0.4, 0.5) is 18.9 Å². The van der Waals surface area contributed by atoms with E-state index in [1.807, 2.05) is 0 Å². The van der Waals surface area contributed by atoms with E-state index in [1.54, 1.807) is 13.8 Å². The molecule has 6 nitrogen and oxygen atoms in total. The predicted octanol–water partition coefficient (Wildman–Crippen LogP) is 3.72. The number of ether oxygens (including phenoxy) is 1. The van der Waals surface area contributed by atoms with E-state index in [0.29, 0.717) is 22.6 Å². The van der Waals surface area contributed by atoms with Gasteiger partial charge in [0.05, 0.1) is 11.1 Å². The van der Waals surface area contributed by atoms with Crippen LogP contribution in [0.15, 0.2) is 18.2 Å². The molecule has 0 bridgehead atoms. The fourth-order valence-electron chi connectivity index (χ4n) is 2.89. The number of alkyl halides is 3. The molecule has 26 heavy (non-hydrogen) atoms. The maximum atomic E-state index is 12.4. The Morgan fingerprint density at radius 2 is 1.96 bits per heavy atom. The Balaban J connectivity index is 2.07. The Hall–Kier alpha value is -3.23. The van der Waals surface area contributed by atoms with Crippen molar-refractivity contribution in [3.8, 4) is 5.75 Å². The number of carboxylic acids is 1. The lowest BCUT2D eigenvalue weighted by molar-refractivity contribution is -0.274. The fraction of sp³-hybridized carbons (Fsp3) is 0.176. The van der Waals surface area contributed by atoms with Gasteiger partial charge in [-0.05, 0) is 43.7 Å². The number of aromatic nitrogens is 1. The number of hydrogen-bond donors (Lipinski definition) is 3. The van der Waals surface area contributed by atoms with Gasteiger partial charge in [0.15, 0.2) is 0 Å².